The molecule has 1 aromatic rings. The van der Waals surface area contributed by atoms with Crippen molar-refractivity contribution in [3.05, 3.63) is 28.8 Å². The molecule has 0 aliphatic rings. The number of carbonyl (C=O) groups is 2. The van der Waals surface area contributed by atoms with Crippen molar-refractivity contribution in [2.24, 2.45) is 0 Å². The Morgan fingerprint density at radius 1 is 1.47 bits per heavy atom. The lowest BCUT2D eigenvalue weighted by Gasteiger charge is -2.10. The molecular formula is C12H14O3. The summed E-state index contributed by atoms with van der Waals surface area (Å²) in [6.45, 7) is 5.59. The van der Waals surface area contributed by atoms with Gasteiger partial charge in [-0.25, -0.2) is 0 Å². The van der Waals surface area contributed by atoms with Gasteiger partial charge < -0.3 is 4.74 Å². The van der Waals surface area contributed by atoms with E-state index in [-0.39, 0.29) is 5.78 Å². The van der Waals surface area contributed by atoms with Gasteiger partial charge in [-0.15, -0.1) is 0 Å². The molecule has 0 aliphatic heterocycles. The zero-order valence-electron chi connectivity index (χ0n) is 9.16. The molecule has 0 unspecified atom stereocenters. The Kier molecular flexibility index (Phi) is 3.61. The van der Waals surface area contributed by atoms with Crippen molar-refractivity contribution in [2.45, 2.75) is 20.8 Å². The topological polar surface area (TPSA) is 43.4 Å². The fourth-order valence-corrected chi connectivity index (χ4v) is 1.38. The summed E-state index contributed by atoms with van der Waals surface area (Å²) in [7, 11) is 0. The lowest BCUT2D eigenvalue weighted by Crippen LogP contribution is -2.03. The molecule has 0 aliphatic carbocycles. The third-order valence-electron chi connectivity index (χ3n) is 2.17. The molecule has 3 heteroatoms. The zero-order valence-corrected chi connectivity index (χ0v) is 9.16. The van der Waals surface area contributed by atoms with Gasteiger partial charge in [-0.05, 0) is 38.5 Å². The molecule has 0 fully saturated rings. The summed E-state index contributed by atoms with van der Waals surface area (Å²) in [4.78, 5) is 22.0. The van der Waals surface area contributed by atoms with Gasteiger partial charge in [0.15, 0.2) is 5.78 Å². The molecule has 0 heterocycles. The summed E-state index contributed by atoms with van der Waals surface area (Å²) in [5, 5.41) is 0. The normalized spacial score (nSPS) is 9.80. The first-order valence-corrected chi connectivity index (χ1v) is 4.83. The molecule has 0 aromatic heterocycles. The minimum absolute atomic E-state index is 0.0565. The lowest BCUT2D eigenvalue weighted by molar-refractivity contribution is 0.101. The molecule has 0 radical (unpaired) electrons. The van der Waals surface area contributed by atoms with Gasteiger partial charge >= 0.3 is 0 Å². The standard InChI is InChI=1S/C12H14O3/c1-4-15-12-6-10(7-13)8(2)5-11(12)9(3)14/h5-7H,4H2,1-3H3. The second kappa shape index (κ2) is 4.73. The van der Waals surface area contributed by atoms with Crippen molar-refractivity contribution in [2.75, 3.05) is 6.61 Å². The maximum Gasteiger partial charge on any atom is 0.163 e. The zero-order chi connectivity index (χ0) is 11.4. The lowest BCUT2D eigenvalue weighted by atomic mass is 10.0. The van der Waals surface area contributed by atoms with Crippen molar-refractivity contribution in [3.8, 4) is 5.75 Å². The first-order valence-electron chi connectivity index (χ1n) is 4.83. The van der Waals surface area contributed by atoms with E-state index in [4.69, 9.17) is 4.74 Å². The van der Waals surface area contributed by atoms with Crippen LogP contribution in [0.4, 0.5) is 0 Å². The number of ketones is 1. The predicted molar refractivity (Wildman–Crippen MR) is 57.7 cm³/mol. The average molecular weight is 206 g/mol. The molecule has 1 rings (SSSR count). The fourth-order valence-electron chi connectivity index (χ4n) is 1.38. The van der Waals surface area contributed by atoms with Gasteiger partial charge in [0.05, 0.1) is 12.2 Å². The maximum atomic E-state index is 11.3. The molecule has 0 N–H and O–H groups in total. The highest BCUT2D eigenvalue weighted by atomic mass is 16.5. The first-order chi connectivity index (χ1) is 7.10. The van der Waals surface area contributed by atoms with Gasteiger partial charge in [-0.3, -0.25) is 9.59 Å². The van der Waals surface area contributed by atoms with E-state index >= 15 is 0 Å². The number of benzene rings is 1. The number of hydrogen-bond acceptors (Lipinski definition) is 3. The minimum Gasteiger partial charge on any atom is -0.493 e. The Balaban J connectivity index is 3.31. The highest BCUT2D eigenvalue weighted by molar-refractivity contribution is 5.98. The third kappa shape index (κ3) is 2.43. The number of Topliss-reactive ketones (excluding diaryl/α,β-unsaturated/α-hetero) is 1. The average Bonchev–Trinajstić information content (AvgIpc) is 2.20. The minimum atomic E-state index is -0.0565. The molecule has 0 saturated heterocycles. The smallest absolute Gasteiger partial charge is 0.163 e. The molecule has 3 nitrogen and oxygen atoms in total. The van der Waals surface area contributed by atoms with Crippen LogP contribution in [0.1, 0.15) is 40.1 Å². The van der Waals surface area contributed by atoms with Crippen LogP contribution in [-0.2, 0) is 0 Å². The van der Waals surface area contributed by atoms with Crippen LogP contribution in [0, 0.1) is 6.92 Å². The van der Waals surface area contributed by atoms with Crippen molar-refractivity contribution in [3.63, 3.8) is 0 Å². The molecule has 0 amide bonds. The van der Waals surface area contributed by atoms with Crippen molar-refractivity contribution in [1.29, 1.82) is 0 Å². The first kappa shape index (κ1) is 11.4. The maximum absolute atomic E-state index is 11.3. The summed E-state index contributed by atoms with van der Waals surface area (Å²) in [6.07, 6.45) is 0.766. The largest absolute Gasteiger partial charge is 0.493 e. The second-order valence-corrected chi connectivity index (χ2v) is 3.31. The number of aldehydes is 1. The molecule has 15 heavy (non-hydrogen) atoms. The third-order valence-corrected chi connectivity index (χ3v) is 2.17. The summed E-state index contributed by atoms with van der Waals surface area (Å²) in [5.41, 5.74) is 1.88. The van der Waals surface area contributed by atoms with E-state index < -0.39 is 0 Å². The van der Waals surface area contributed by atoms with E-state index in [2.05, 4.69) is 0 Å². The van der Waals surface area contributed by atoms with E-state index in [1.165, 1.54) is 6.92 Å². The Labute approximate surface area is 89.1 Å². The summed E-state index contributed by atoms with van der Waals surface area (Å²) in [5.74, 6) is 0.427. The van der Waals surface area contributed by atoms with Crippen LogP contribution in [-0.4, -0.2) is 18.7 Å². The van der Waals surface area contributed by atoms with Gasteiger partial charge in [0.2, 0.25) is 0 Å². The number of rotatable bonds is 4. The van der Waals surface area contributed by atoms with Crippen molar-refractivity contribution < 1.29 is 14.3 Å². The van der Waals surface area contributed by atoms with Gasteiger partial charge in [-0.2, -0.15) is 0 Å². The van der Waals surface area contributed by atoms with E-state index in [0.717, 1.165) is 11.8 Å². The summed E-state index contributed by atoms with van der Waals surface area (Å²) >= 11 is 0. The van der Waals surface area contributed by atoms with Crippen LogP contribution in [0.15, 0.2) is 12.1 Å². The van der Waals surface area contributed by atoms with Crippen molar-refractivity contribution >= 4 is 12.1 Å². The van der Waals surface area contributed by atoms with Gasteiger partial charge in [0, 0.05) is 5.56 Å². The van der Waals surface area contributed by atoms with Gasteiger partial charge in [0.1, 0.15) is 12.0 Å². The number of carbonyl (C=O) groups excluding carboxylic acids is 2. The van der Waals surface area contributed by atoms with Crippen LogP contribution < -0.4 is 4.74 Å². The number of ether oxygens (including phenoxy) is 1. The number of hydrogen-bond donors (Lipinski definition) is 0. The summed E-state index contributed by atoms with van der Waals surface area (Å²) < 4.78 is 5.32. The van der Waals surface area contributed by atoms with Crippen LogP contribution in [0.5, 0.6) is 5.75 Å². The van der Waals surface area contributed by atoms with Crippen LogP contribution >= 0.6 is 0 Å². The molecule has 80 valence electrons. The van der Waals surface area contributed by atoms with Gasteiger partial charge in [0.25, 0.3) is 0 Å². The fraction of sp³-hybridized carbons (Fsp3) is 0.333. The van der Waals surface area contributed by atoms with E-state index in [1.807, 2.05) is 6.92 Å². The second-order valence-electron chi connectivity index (χ2n) is 3.31. The Morgan fingerprint density at radius 2 is 2.13 bits per heavy atom. The quantitative estimate of drug-likeness (QED) is 0.561. The monoisotopic (exact) mass is 206 g/mol. The predicted octanol–water partition coefficient (Wildman–Crippen LogP) is 2.41. The molecule has 0 atom stereocenters. The van der Waals surface area contributed by atoms with Crippen LogP contribution in [0.2, 0.25) is 0 Å². The Morgan fingerprint density at radius 3 is 2.60 bits per heavy atom. The summed E-state index contributed by atoms with van der Waals surface area (Å²) in [6, 6.07) is 3.31. The highest BCUT2D eigenvalue weighted by Gasteiger charge is 2.11. The van der Waals surface area contributed by atoms with Crippen molar-refractivity contribution in [1.82, 2.24) is 0 Å². The van der Waals surface area contributed by atoms with E-state index in [1.54, 1.807) is 19.1 Å². The van der Waals surface area contributed by atoms with E-state index in [9.17, 15) is 9.59 Å². The van der Waals surface area contributed by atoms with Crippen LogP contribution in [0.25, 0.3) is 0 Å². The van der Waals surface area contributed by atoms with Crippen LogP contribution in [0.3, 0.4) is 0 Å². The molecule has 0 spiro atoms. The SMILES string of the molecule is CCOc1cc(C=O)c(C)cc1C(C)=O. The molecule has 0 saturated carbocycles. The molecule has 0 bridgehead atoms. The Hall–Kier alpha value is -1.64. The Bertz CT molecular complexity index is 394. The highest BCUT2D eigenvalue weighted by Crippen LogP contribution is 2.23. The number of aryl methyl sites for hydroxylation is 1. The molecular weight excluding hydrogens is 192 g/mol. The van der Waals surface area contributed by atoms with Gasteiger partial charge in [-0.1, -0.05) is 0 Å². The molecule has 1 aromatic carbocycles. The van der Waals surface area contributed by atoms with E-state index in [0.29, 0.717) is 23.5 Å².